The van der Waals surface area contributed by atoms with Crippen LogP contribution in [0.3, 0.4) is 0 Å². The zero-order chi connectivity index (χ0) is 13.7. The van der Waals surface area contributed by atoms with E-state index in [1.807, 2.05) is 25.1 Å². The van der Waals surface area contributed by atoms with Crippen LogP contribution in [0.1, 0.15) is 30.1 Å². The average Bonchev–Trinajstić information content (AvgIpc) is 3.23. The first kappa shape index (κ1) is 14.0. The molecule has 4 nitrogen and oxygen atoms in total. The number of ether oxygens (including phenoxy) is 1. The molecular weight excluding hydrogens is 242 g/mol. The van der Waals surface area contributed by atoms with Gasteiger partial charge in [-0.05, 0) is 31.9 Å². The van der Waals surface area contributed by atoms with Gasteiger partial charge in [0.1, 0.15) is 5.75 Å². The van der Waals surface area contributed by atoms with Crippen LogP contribution in [-0.2, 0) is 0 Å². The number of rotatable bonds is 8. The van der Waals surface area contributed by atoms with E-state index in [4.69, 9.17) is 9.84 Å². The smallest absolute Gasteiger partial charge is 0.180 e. The van der Waals surface area contributed by atoms with E-state index in [2.05, 4.69) is 4.90 Å². The zero-order valence-corrected chi connectivity index (χ0v) is 11.3. The standard InChI is InChI=1S/C15H21NO3/c1-2-19-15-6-4-3-5-13(15)14(18)11-16(9-10-17)12-7-8-12/h3-6,12,17H,2,7-11H2,1H3. The Bertz CT molecular complexity index is 429. The van der Waals surface area contributed by atoms with Gasteiger partial charge in [0.05, 0.1) is 25.3 Å². The molecule has 0 atom stereocenters. The molecule has 0 heterocycles. The topological polar surface area (TPSA) is 49.8 Å². The number of para-hydroxylation sites is 1. The van der Waals surface area contributed by atoms with Gasteiger partial charge in [-0.25, -0.2) is 0 Å². The molecule has 4 heteroatoms. The summed E-state index contributed by atoms with van der Waals surface area (Å²) in [4.78, 5) is 14.4. The van der Waals surface area contributed by atoms with E-state index >= 15 is 0 Å². The molecule has 2 rings (SSSR count). The number of ketones is 1. The van der Waals surface area contributed by atoms with Gasteiger partial charge in [0.2, 0.25) is 0 Å². The number of Topliss-reactive ketones (excluding diaryl/α,β-unsaturated/α-hetero) is 1. The Morgan fingerprint density at radius 2 is 2.16 bits per heavy atom. The number of aliphatic hydroxyl groups excluding tert-OH is 1. The number of hydrogen-bond donors (Lipinski definition) is 1. The van der Waals surface area contributed by atoms with Crippen molar-refractivity contribution >= 4 is 5.78 Å². The molecule has 1 aliphatic carbocycles. The van der Waals surface area contributed by atoms with Gasteiger partial charge in [-0.3, -0.25) is 9.69 Å². The van der Waals surface area contributed by atoms with Gasteiger partial charge in [0, 0.05) is 12.6 Å². The van der Waals surface area contributed by atoms with Crippen LogP contribution in [0, 0.1) is 0 Å². The van der Waals surface area contributed by atoms with Crippen molar-refractivity contribution < 1.29 is 14.6 Å². The van der Waals surface area contributed by atoms with Crippen molar-refractivity contribution in [3.8, 4) is 5.75 Å². The fourth-order valence-corrected chi connectivity index (χ4v) is 2.21. The average molecular weight is 263 g/mol. The number of aliphatic hydroxyl groups is 1. The van der Waals surface area contributed by atoms with Crippen LogP contribution in [0.25, 0.3) is 0 Å². The molecule has 1 aromatic rings. The second-order valence-electron chi connectivity index (χ2n) is 4.78. The number of benzene rings is 1. The lowest BCUT2D eigenvalue weighted by Gasteiger charge is -2.20. The van der Waals surface area contributed by atoms with E-state index < -0.39 is 0 Å². The van der Waals surface area contributed by atoms with Gasteiger partial charge in [0.25, 0.3) is 0 Å². The third kappa shape index (κ3) is 3.78. The van der Waals surface area contributed by atoms with Crippen LogP contribution in [0.15, 0.2) is 24.3 Å². The zero-order valence-electron chi connectivity index (χ0n) is 11.3. The van der Waals surface area contributed by atoms with E-state index in [0.29, 0.717) is 37.1 Å². The first-order valence-corrected chi connectivity index (χ1v) is 6.86. The van der Waals surface area contributed by atoms with Crippen molar-refractivity contribution in [1.29, 1.82) is 0 Å². The van der Waals surface area contributed by atoms with Crippen molar-refractivity contribution in [3.63, 3.8) is 0 Å². The molecule has 1 aromatic carbocycles. The normalized spacial score (nSPS) is 14.7. The number of carbonyl (C=O) groups is 1. The highest BCUT2D eigenvalue weighted by Gasteiger charge is 2.30. The molecule has 1 aliphatic rings. The molecular formula is C15H21NO3. The van der Waals surface area contributed by atoms with Crippen LogP contribution in [-0.4, -0.2) is 48.1 Å². The first-order chi connectivity index (χ1) is 9.26. The molecule has 0 radical (unpaired) electrons. The second kappa shape index (κ2) is 6.68. The van der Waals surface area contributed by atoms with E-state index in [-0.39, 0.29) is 12.4 Å². The van der Waals surface area contributed by atoms with Gasteiger partial charge in [-0.1, -0.05) is 12.1 Å². The number of hydrogen-bond acceptors (Lipinski definition) is 4. The number of nitrogens with zero attached hydrogens (tertiary/aromatic N) is 1. The van der Waals surface area contributed by atoms with Gasteiger partial charge in [-0.2, -0.15) is 0 Å². The van der Waals surface area contributed by atoms with Crippen molar-refractivity contribution in [2.24, 2.45) is 0 Å². The third-order valence-corrected chi connectivity index (χ3v) is 3.28. The fraction of sp³-hybridized carbons (Fsp3) is 0.533. The molecule has 1 saturated carbocycles. The van der Waals surface area contributed by atoms with Crippen LogP contribution in [0.5, 0.6) is 5.75 Å². The molecule has 0 saturated heterocycles. The molecule has 0 amide bonds. The maximum Gasteiger partial charge on any atom is 0.180 e. The predicted octanol–water partition coefficient (Wildman–Crippen LogP) is 1.72. The lowest BCUT2D eigenvalue weighted by atomic mass is 10.1. The maximum absolute atomic E-state index is 12.4. The van der Waals surface area contributed by atoms with Crippen LogP contribution < -0.4 is 4.74 Å². The summed E-state index contributed by atoms with van der Waals surface area (Å²) in [5.74, 6) is 0.708. The monoisotopic (exact) mass is 263 g/mol. The molecule has 0 spiro atoms. The Morgan fingerprint density at radius 1 is 1.42 bits per heavy atom. The maximum atomic E-state index is 12.4. The summed E-state index contributed by atoms with van der Waals surface area (Å²) in [6.45, 7) is 3.47. The molecule has 0 unspecified atom stereocenters. The lowest BCUT2D eigenvalue weighted by Crippen LogP contribution is -2.34. The molecule has 0 aliphatic heterocycles. The molecule has 0 aromatic heterocycles. The molecule has 1 fully saturated rings. The summed E-state index contributed by atoms with van der Waals surface area (Å²) in [6, 6.07) is 7.81. The highest BCUT2D eigenvalue weighted by molar-refractivity contribution is 6.00. The first-order valence-electron chi connectivity index (χ1n) is 6.86. The van der Waals surface area contributed by atoms with Crippen molar-refractivity contribution in [2.45, 2.75) is 25.8 Å². The minimum absolute atomic E-state index is 0.0596. The van der Waals surface area contributed by atoms with Crippen molar-refractivity contribution in [3.05, 3.63) is 29.8 Å². The quantitative estimate of drug-likeness (QED) is 0.726. The van der Waals surface area contributed by atoms with E-state index in [1.54, 1.807) is 6.07 Å². The summed E-state index contributed by atoms with van der Waals surface area (Å²) in [5.41, 5.74) is 0.632. The third-order valence-electron chi connectivity index (χ3n) is 3.28. The lowest BCUT2D eigenvalue weighted by molar-refractivity contribution is 0.0903. The van der Waals surface area contributed by atoms with E-state index in [1.165, 1.54) is 0 Å². The summed E-state index contributed by atoms with van der Waals surface area (Å²) >= 11 is 0. The van der Waals surface area contributed by atoms with Gasteiger partial charge in [0.15, 0.2) is 5.78 Å². The largest absolute Gasteiger partial charge is 0.493 e. The molecule has 104 valence electrons. The van der Waals surface area contributed by atoms with Crippen LogP contribution >= 0.6 is 0 Å². The Morgan fingerprint density at radius 3 is 2.79 bits per heavy atom. The van der Waals surface area contributed by atoms with E-state index in [0.717, 1.165) is 12.8 Å². The molecule has 19 heavy (non-hydrogen) atoms. The summed E-state index contributed by atoms with van der Waals surface area (Å²) in [6.07, 6.45) is 2.25. The van der Waals surface area contributed by atoms with Gasteiger partial charge < -0.3 is 9.84 Å². The Hall–Kier alpha value is -1.39. The molecule has 0 bridgehead atoms. The predicted molar refractivity (Wildman–Crippen MR) is 73.6 cm³/mol. The Labute approximate surface area is 114 Å². The van der Waals surface area contributed by atoms with Gasteiger partial charge >= 0.3 is 0 Å². The second-order valence-corrected chi connectivity index (χ2v) is 4.78. The Kier molecular flexibility index (Phi) is 4.93. The van der Waals surface area contributed by atoms with Crippen LogP contribution in [0.4, 0.5) is 0 Å². The minimum atomic E-state index is 0.0596. The van der Waals surface area contributed by atoms with Crippen molar-refractivity contribution in [1.82, 2.24) is 4.90 Å². The number of carbonyl (C=O) groups excluding carboxylic acids is 1. The minimum Gasteiger partial charge on any atom is -0.493 e. The van der Waals surface area contributed by atoms with Crippen LogP contribution in [0.2, 0.25) is 0 Å². The SMILES string of the molecule is CCOc1ccccc1C(=O)CN(CCO)C1CC1. The van der Waals surface area contributed by atoms with Crippen molar-refractivity contribution in [2.75, 3.05) is 26.3 Å². The fourth-order valence-electron chi connectivity index (χ4n) is 2.21. The highest BCUT2D eigenvalue weighted by atomic mass is 16.5. The molecule has 1 N–H and O–H groups in total. The highest BCUT2D eigenvalue weighted by Crippen LogP contribution is 2.27. The summed E-state index contributed by atoms with van der Waals surface area (Å²) in [7, 11) is 0. The van der Waals surface area contributed by atoms with Gasteiger partial charge in [-0.15, -0.1) is 0 Å². The summed E-state index contributed by atoms with van der Waals surface area (Å²) < 4.78 is 5.49. The summed E-state index contributed by atoms with van der Waals surface area (Å²) in [5, 5.41) is 9.06. The Balaban J connectivity index is 2.05. The van der Waals surface area contributed by atoms with E-state index in [9.17, 15) is 4.79 Å².